The van der Waals surface area contributed by atoms with Crippen LogP contribution in [0.3, 0.4) is 0 Å². The van der Waals surface area contributed by atoms with Gasteiger partial charge in [0.2, 0.25) is 0 Å². The lowest BCUT2D eigenvalue weighted by Crippen LogP contribution is -2.59. The van der Waals surface area contributed by atoms with E-state index in [2.05, 4.69) is 18.9 Å². The van der Waals surface area contributed by atoms with E-state index in [0.29, 0.717) is 6.54 Å². The predicted octanol–water partition coefficient (Wildman–Crippen LogP) is 1.21. The highest BCUT2D eigenvalue weighted by Crippen LogP contribution is 2.51. The van der Waals surface area contributed by atoms with Crippen LogP contribution in [0.4, 0.5) is 0 Å². The summed E-state index contributed by atoms with van der Waals surface area (Å²) < 4.78 is 0. The van der Waals surface area contributed by atoms with Crippen LogP contribution in [0, 0.1) is 11.3 Å². The fourth-order valence-electron chi connectivity index (χ4n) is 3.87. The zero-order valence-electron chi connectivity index (χ0n) is 10.7. The van der Waals surface area contributed by atoms with Crippen LogP contribution in [0.1, 0.15) is 39.0 Å². The molecule has 2 rings (SSSR count). The Hall–Kier alpha value is -0.120. The third kappa shape index (κ3) is 1.89. The molecule has 0 radical (unpaired) electrons. The van der Waals surface area contributed by atoms with Gasteiger partial charge in [-0.2, -0.15) is 0 Å². The van der Waals surface area contributed by atoms with Gasteiger partial charge < -0.3 is 15.7 Å². The normalized spacial score (nSPS) is 46.1. The summed E-state index contributed by atoms with van der Waals surface area (Å²) in [7, 11) is 2.10. The van der Waals surface area contributed by atoms with Crippen LogP contribution in [0.5, 0.6) is 0 Å². The van der Waals surface area contributed by atoms with Crippen LogP contribution < -0.4 is 5.73 Å². The number of likely N-dealkylation sites (N-methyl/N-ethyl adjacent to an activating group) is 1. The zero-order valence-corrected chi connectivity index (χ0v) is 10.7. The first kappa shape index (κ1) is 12.3. The van der Waals surface area contributed by atoms with Crippen LogP contribution in [0.25, 0.3) is 0 Å². The van der Waals surface area contributed by atoms with Crippen molar-refractivity contribution in [2.45, 2.75) is 44.6 Å². The second-order valence-electron chi connectivity index (χ2n) is 6.21. The van der Waals surface area contributed by atoms with Gasteiger partial charge in [0.05, 0.1) is 5.60 Å². The lowest BCUT2D eigenvalue weighted by atomic mass is 9.66. The fraction of sp³-hybridized carbons (Fsp3) is 1.00. The molecule has 3 nitrogen and oxygen atoms in total. The summed E-state index contributed by atoms with van der Waals surface area (Å²) in [5.41, 5.74) is 5.46. The van der Waals surface area contributed by atoms with Gasteiger partial charge in [-0.1, -0.05) is 13.3 Å². The quantitative estimate of drug-likeness (QED) is 0.744. The van der Waals surface area contributed by atoms with Gasteiger partial charge in [-0.15, -0.1) is 0 Å². The molecule has 1 aliphatic carbocycles. The molecule has 0 aromatic rings. The van der Waals surface area contributed by atoms with Crippen molar-refractivity contribution in [3.8, 4) is 0 Å². The van der Waals surface area contributed by atoms with Gasteiger partial charge in [0.15, 0.2) is 0 Å². The first-order chi connectivity index (χ1) is 7.51. The molecule has 1 saturated carbocycles. The van der Waals surface area contributed by atoms with E-state index in [4.69, 9.17) is 5.73 Å². The Bertz CT molecular complexity index is 258. The molecule has 1 saturated heterocycles. The zero-order chi connectivity index (χ0) is 11.8. The van der Waals surface area contributed by atoms with E-state index < -0.39 is 5.60 Å². The average Bonchev–Trinajstić information content (AvgIpc) is 2.61. The largest absolute Gasteiger partial charge is 0.388 e. The summed E-state index contributed by atoms with van der Waals surface area (Å²) in [5, 5.41) is 11.0. The molecule has 16 heavy (non-hydrogen) atoms. The molecule has 0 amide bonds. The van der Waals surface area contributed by atoms with E-state index in [1.54, 1.807) is 0 Å². The maximum absolute atomic E-state index is 11.0. The smallest absolute Gasteiger partial charge is 0.0842 e. The van der Waals surface area contributed by atoms with Crippen LogP contribution in [-0.4, -0.2) is 42.3 Å². The molecule has 0 bridgehead atoms. The Morgan fingerprint density at radius 1 is 1.44 bits per heavy atom. The van der Waals surface area contributed by atoms with E-state index in [0.717, 1.165) is 44.7 Å². The Balaban J connectivity index is 2.19. The SMILES string of the molecule is CC1CCC(CN)(C2(O)CCCN(C)C2)C1. The van der Waals surface area contributed by atoms with Crippen molar-refractivity contribution < 1.29 is 5.11 Å². The van der Waals surface area contributed by atoms with E-state index >= 15 is 0 Å². The minimum absolute atomic E-state index is 0.0128. The van der Waals surface area contributed by atoms with Gasteiger partial charge >= 0.3 is 0 Å². The minimum Gasteiger partial charge on any atom is -0.388 e. The average molecular weight is 226 g/mol. The fourth-order valence-corrected chi connectivity index (χ4v) is 3.87. The molecule has 3 N–H and O–H groups in total. The molecule has 0 aromatic carbocycles. The van der Waals surface area contributed by atoms with Gasteiger partial charge in [-0.25, -0.2) is 0 Å². The number of hydrogen-bond acceptors (Lipinski definition) is 3. The summed E-state index contributed by atoms with van der Waals surface area (Å²) in [6.45, 7) is 4.84. The van der Waals surface area contributed by atoms with Crippen molar-refractivity contribution in [1.82, 2.24) is 4.90 Å². The van der Waals surface area contributed by atoms with E-state index in [1.165, 1.54) is 6.42 Å². The van der Waals surface area contributed by atoms with Crippen molar-refractivity contribution in [3.05, 3.63) is 0 Å². The third-order valence-corrected chi connectivity index (χ3v) is 4.89. The molecule has 3 atom stereocenters. The van der Waals surface area contributed by atoms with Gasteiger partial charge in [0.1, 0.15) is 0 Å². The van der Waals surface area contributed by atoms with Crippen LogP contribution in [0.15, 0.2) is 0 Å². The Morgan fingerprint density at radius 3 is 2.69 bits per heavy atom. The van der Waals surface area contributed by atoms with Crippen molar-refractivity contribution in [1.29, 1.82) is 0 Å². The molecular formula is C13H26N2O. The molecule has 3 unspecified atom stereocenters. The summed E-state index contributed by atoms with van der Waals surface area (Å²) in [4.78, 5) is 2.25. The molecule has 1 heterocycles. The van der Waals surface area contributed by atoms with E-state index in [9.17, 15) is 5.11 Å². The minimum atomic E-state index is -0.542. The Labute approximate surface area is 99.0 Å². The maximum atomic E-state index is 11.0. The number of nitrogens with two attached hydrogens (primary N) is 1. The highest BCUT2D eigenvalue weighted by atomic mass is 16.3. The van der Waals surface area contributed by atoms with E-state index in [1.807, 2.05) is 0 Å². The summed E-state index contributed by atoms with van der Waals surface area (Å²) >= 11 is 0. The van der Waals surface area contributed by atoms with Gasteiger partial charge in [0.25, 0.3) is 0 Å². The van der Waals surface area contributed by atoms with Gasteiger partial charge in [-0.05, 0) is 45.2 Å². The Kier molecular flexibility index (Phi) is 3.30. The number of piperidine rings is 1. The lowest BCUT2D eigenvalue weighted by Gasteiger charge is -2.49. The number of rotatable bonds is 2. The second kappa shape index (κ2) is 4.28. The van der Waals surface area contributed by atoms with Crippen LogP contribution in [-0.2, 0) is 0 Å². The summed E-state index contributed by atoms with van der Waals surface area (Å²) in [6.07, 6.45) is 5.47. The Morgan fingerprint density at radius 2 is 2.19 bits per heavy atom. The molecule has 0 aromatic heterocycles. The standard InChI is InChI=1S/C13H26N2O/c1-11-4-6-12(8-11,9-14)13(16)5-3-7-15(2)10-13/h11,16H,3-10,14H2,1-2H3. The molecule has 1 aliphatic heterocycles. The molecule has 94 valence electrons. The molecule has 2 fully saturated rings. The highest BCUT2D eigenvalue weighted by Gasteiger charge is 2.53. The van der Waals surface area contributed by atoms with Crippen LogP contribution >= 0.6 is 0 Å². The van der Waals surface area contributed by atoms with Crippen molar-refractivity contribution >= 4 is 0 Å². The summed E-state index contributed by atoms with van der Waals surface area (Å²) in [6, 6.07) is 0. The maximum Gasteiger partial charge on any atom is 0.0842 e. The predicted molar refractivity (Wildman–Crippen MR) is 66.2 cm³/mol. The van der Waals surface area contributed by atoms with Crippen molar-refractivity contribution in [2.75, 3.05) is 26.7 Å². The van der Waals surface area contributed by atoms with Crippen molar-refractivity contribution in [3.63, 3.8) is 0 Å². The summed E-state index contributed by atoms with van der Waals surface area (Å²) in [5.74, 6) is 0.722. The van der Waals surface area contributed by atoms with Gasteiger partial charge in [-0.3, -0.25) is 0 Å². The topological polar surface area (TPSA) is 49.5 Å². The first-order valence-corrected chi connectivity index (χ1v) is 6.62. The first-order valence-electron chi connectivity index (χ1n) is 6.62. The van der Waals surface area contributed by atoms with Crippen LogP contribution in [0.2, 0.25) is 0 Å². The van der Waals surface area contributed by atoms with Gasteiger partial charge in [0, 0.05) is 18.5 Å². The lowest BCUT2D eigenvalue weighted by molar-refractivity contribution is -0.118. The monoisotopic (exact) mass is 226 g/mol. The number of likely N-dealkylation sites (tertiary alicyclic amines) is 1. The molecule has 3 heteroatoms. The molecule has 0 spiro atoms. The number of nitrogens with zero attached hydrogens (tertiary/aromatic N) is 1. The molecule has 2 aliphatic rings. The van der Waals surface area contributed by atoms with Crippen molar-refractivity contribution in [2.24, 2.45) is 17.1 Å². The number of hydrogen-bond donors (Lipinski definition) is 2. The highest BCUT2D eigenvalue weighted by molar-refractivity contribution is 5.06. The third-order valence-electron chi connectivity index (χ3n) is 4.89. The second-order valence-corrected chi connectivity index (χ2v) is 6.21. The number of aliphatic hydroxyl groups is 1. The molecular weight excluding hydrogens is 200 g/mol. The number of β-amino-alcohol motifs (C(OH)–C–C–N with tert-alkyl or cyclic N) is 1. The van der Waals surface area contributed by atoms with E-state index in [-0.39, 0.29) is 5.41 Å².